The lowest BCUT2D eigenvalue weighted by Crippen LogP contribution is -2.12. The van der Waals surface area contributed by atoms with Gasteiger partial charge in [-0.15, -0.1) is 0 Å². The molecule has 0 aliphatic carbocycles. The van der Waals surface area contributed by atoms with Gasteiger partial charge >= 0.3 is 6.18 Å². The summed E-state index contributed by atoms with van der Waals surface area (Å²) >= 11 is 12.6. The monoisotopic (exact) mass is 327 g/mol. The zero-order valence-corrected chi connectivity index (χ0v) is 11.7. The lowest BCUT2D eigenvalue weighted by Gasteiger charge is -2.10. The highest BCUT2D eigenvalue weighted by atomic mass is 35.5. The summed E-state index contributed by atoms with van der Waals surface area (Å²) < 4.78 is 37.5. The molecular weight excluding hydrogens is 322 g/mol. The van der Waals surface area contributed by atoms with Crippen LogP contribution < -0.4 is 5.32 Å². The van der Waals surface area contributed by atoms with E-state index >= 15 is 0 Å². The Hall–Kier alpha value is -1.10. The Labute approximate surface area is 121 Å². The van der Waals surface area contributed by atoms with Crippen LogP contribution in [0.25, 0.3) is 0 Å². The van der Waals surface area contributed by atoms with Gasteiger partial charge in [-0.25, -0.2) is 4.99 Å². The first-order valence-electron chi connectivity index (χ1n) is 4.63. The average Bonchev–Trinajstić information content (AvgIpc) is 2.30. The molecule has 19 heavy (non-hydrogen) atoms. The van der Waals surface area contributed by atoms with E-state index in [-0.39, 0.29) is 20.9 Å². The van der Waals surface area contributed by atoms with Gasteiger partial charge < -0.3 is 0 Å². The van der Waals surface area contributed by atoms with Gasteiger partial charge in [0, 0.05) is 0 Å². The van der Waals surface area contributed by atoms with Crippen LogP contribution in [0.5, 0.6) is 0 Å². The highest BCUT2D eigenvalue weighted by Gasteiger charge is 2.32. The van der Waals surface area contributed by atoms with Gasteiger partial charge in [0.2, 0.25) is 0 Å². The Kier molecular flexibility index (Phi) is 5.35. The normalized spacial score (nSPS) is 12.2. The van der Waals surface area contributed by atoms with Crippen LogP contribution in [0.4, 0.5) is 18.9 Å². The van der Waals surface area contributed by atoms with Gasteiger partial charge in [-0.2, -0.15) is 18.4 Å². The summed E-state index contributed by atoms with van der Waals surface area (Å²) in [5, 5.41) is 10.4. The van der Waals surface area contributed by atoms with Gasteiger partial charge in [0.15, 0.2) is 11.4 Å². The molecule has 0 aromatic heterocycles. The fourth-order valence-corrected chi connectivity index (χ4v) is 2.01. The molecule has 0 spiro atoms. The average molecular weight is 328 g/mol. The molecule has 1 aromatic rings. The Morgan fingerprint density at radius 1 is 1.37 bits per heavy atom. The second kappa shape index (κ2) is 6.37. The summed E-state index contributed by atoms with van der Waals surface area (Å²) in [5.74, 6) is 0. The second-order valence-corrected chi connectivity index (χ2v) is 4.75. The SMILES string of the molecule is CSC(=Nc1c(Cl)cc(C(F)(F)F)cc1Cl)NC#N. The summed E-state index contributed by atoms with van der Waals surface area (Å²) in [7, 11) is 0. The number of hydrogen-bond acceptors (Lipinski definition) is 3. The van der Waals surface area contributed by atoms with E-state index in [4.69, 9.17) is 28.5 Å². The van der Waals surface area contributed by atoms with Crippen LogP contribution in [0.1, 0.15) is 5.56 Å². The number of rotatable bonds is 1. The second-order valence-electron chi connectivity index (χ2n) is 3.14. The van der Waals surface area contributed by atoms with E-state index in [1.54, 1.807) is 12.4 Å². The van der Waals surface area contributed by atoms with Gasteiger partial charge in [0.1, 0.15) is 5.69 Å². The van der Waals surface area contributed by atoms with Crippen molar-refractivity contribution < 1.29 is 13.2 Å². The van der Waals surface area contributed by atoms with E-state index < -0.39 is 11.7 Å². The van der Waals surface area contributed by atoms with Crippen molar-refractivity contribution in [1.82, 2.24) is 5.32 Å². The third kappa shape index (κ3) is 4.20. The number of alkyl halides is 3. The molecule has 0 bridgehead atoms. The summed E-state index contributed by atoms with van der Waals surface area (Å²) in [5.41, 5.74) is -0.983. The molecule has 0 saturated heterocycles. The Bertz CT molecular complexity index is 529. The number of aliphatic imine (C=N–C) groups is 1. The van der Waals surface area contributed by atoms with Gasteiger partial charge in [-0.1, -0.05) is 35.0 Å². The number of hydrogen-bond donors (Lipinski definition) is 1. The molecule has 0 heterocycles. The first-order chi connectivity index (χ1) is 8.79. The van der Waals surface area contributed by atoms with Crippen LogP contribution in [0.2, 0.25) is 10.0 Å². The number of thioether (sulfide) groups is 1. The molecule has 0 saturated carbocycles. The molecule has 0 aliphatic heterocycles. The molecule has 0 amide bonds. The quantitative estimate of drug-likeness (QED) is 0.359. The molecule has 0 radical (unpaired) electrons. The fraction of sp³-hybridized carbons (Fsp3) is 0.200. The van der Waals surface area contributed by atoms with Crippen molar-refractivity contribution in [3.63, 3.8) is 0 Å². The molecule has 1 rings (SSSR count). The molecular formula is C10H6Cl2F3N3S. The number of halogens is 5. The molecule has 0 atom stereocenters. The van der Waals surface area contributed by atoms with Gasteiger partial charge in [-0.05, 0) is 18.4 Å². The minimum absolute atomic E-state index is 0.0246. The van der Waals surface area contributed by atoms with E-state index in [1.165, 1.54) is 0 Å². The summed E-state index contributed by atoms with van der Waals surface area (Å²) in [6.07, 6.45) is -1.26. The van der Waals surface area contributed by atoms with E-state index in [2.05, 4.69) is 10.3 Å². The molecule has 9 heteroatoms. The Balaban J connectivity index is 3.29. The minimum atomic E-state index is -4.54. The molecule has 1 aromatic carbocycles. The van der Waals surface area contributed by atoms with Gasteiger partial charge in [-0.3, -0.25) is 5.32 Å². The lowest BCUT2D eigenvalue weighted by atomic mass is 10.2. The summed E-state index contributed by atoms with van der Waals surface area (Å²) in [6.45, 7) is 0. The van der Waals surface area contributed by atoms with E-state index in [1.807, 2.05) is 0 Å². The maximum absolute atomic E-state index is 12.5. The molecule has 102 valence electrons. The number of nitriles is 1. The molecule has 0 unspecified atom stereocenters. The maximum atomic E-state index is 12.5. The van der Waals surface area contributed by atoms with Crippen LogP contribution in [-0.2, 0) is 6.18 Å². The minimum Gasteiger partial charge on any atom is -0.271 e. The van der Waals surface area contributed by atoms with Crippen molar-refractivity contribution in [2.75, 3.05) is 6.26 Å². The van der Waals surface area contributed by atoms with Crippen molar-refractivity contribution in [1.29, 1.82) is 5.26 Å². The largest absolute Gasteiger partial charge is 0.416 e. The first-order valence-corrected chi connectivity index (χ1v) is 6.61. The summed E-state index contributed by atoms with van der Waals surface area (Å²) in [4.78, 5) is 3.90. The van der Waals surface area contributed by atoms with E-state index in [9.17, 15) is 13.2 Å². The van der Waals surface area contributed by atoms with Crippen molar-refractivity contribution in [3.8, 4) is 6.19 Å². The summed E-state index contributed by atoms with van der Waals surface area (Å²) in [6, 6.07) is 1.47. The predicted molar refractivity (Wildman–Crippen MR) is 70.8 cm³/mol. The highest BCUT2D eigenvalue weighted by Crippen LogP contribution is 2.40. The zero-order valence-electron chi connectivity index (χ0n) is 9.35. The van der Waals surface area contributed by atoms with Crippen LogP contribution >= 0.6 is 35.0 Å². The molecule has 3 nitrogen and oxygen atoms in total. The lowest BCUT2D eigenvalue weighted by molar-refractivity contribution is -0.137. The Morgan fingerprint density at radius 2 is 1.89 bits per heavy atom. The molecule has 0 fully saturated rings. The van der Waals surface area contributed by atoms with Crippen LogP contribution in [0.15, 0.2) is 17.1 Å². The van der Waals surface area contributed by atoms with Crippen molar-refractivity contribution >= 4 is 45.8 Å². The fourth-order valence-electron chi connectivity index (χ4n) is 1.11. The van der Waals surface area contributed by atoms with Crippen LogP contribution in [0, 0.1) is 11.5 Å². The van der Waals surface area contributed by atoms with Crippen LogP contribution in [-0.4, -0.2) is 11.4 Å². The van der Waals surface area contributed by atoms with Crippen molar-refractivity contribution in [2.45, 2.75) is 6.18 Å². The topological polar surface area (TPSA) is 48.2 Å². The highest BCUT2D eigenvalue weighted by molar-refractivity contribution is 8.13. The zero-order chi connectivity index (χ0) is 14.6. The third-order valence-corrected chi connectivity index (χ3v) is 3.07. The van der Waals surface area contributed by atoms with Gasteiger partial charge in [0.25, 0.3) is 0 Å². The molecule has 0 aliphatic rings. The third-order valence-electron chi connectivity index (χ3n) is 1.91. The first kappa shape index (κ1) is 16.0. The van der Waals surface area contributed by atoms with Crippen molar-refractivity contribution in [3.05, 3.63) is 27.7 Å². The van der Waals surface area contributed by atoms with E-state index in [0.717, 1.165) is 23.9 Å². The van der Waals surface area contributed by atoms with Crippen LogP contribution in [0.3, 0.4) is 0 Å². The number of nitrogens with zero attached hydrogens (tertiary/aromatic N) is 2. The number of benzene rings is 1. The standard InChI is InChI=1S/C10H6Cl2F3N3S/c1-19-9(17-4-16)18-8-6(11)2-5(3-7(8)12)10(13,14)15/h2-3H,1H3,(H,17,18). The van der Waals surface area contributed by atoms with Crippen molar-refractivity contribution in [2.24, 2.45) is 4.99 Å². The maximum Gasteiger partial charge on any atom is 0.416 e. The van der Waals surface area contributed by atoms with E-state index in [0.29, 0.717) is 0 Å². The number of nitrogens with one attached hydrogen (secondary N) is 1. The Morgan fingerprint density at radius 3 is 2.26 bits per heavy atom. The van der Waals surface area contributed by atoms with Gasteiger partial charge in [0.05, 0.1) is 15.6 Å². The number of amidine groups is 1. The smallest absolute Gasteiger partial charge is 0.271 e. The molecule has 1 N–H and O–H groups in total. The predicted octanol–water partition coefficient (Wildman–Crippen LogP) is 4.43.